The van der Waals surface area contributed by atoms with Crippen LogP contribution in [0.4, 0.5) is 4.39 Å². The van der Waals surface area contributed by atoms with Crippen molar-refractivity contribution in [1.29, 1.82) is 0 Å². The van der Waals surface area contributed by atoms with Crippen molar-refractivity contribution in [2.75, 3.05) is 0 Å². The average molecular weight is 365 g/mol. The van der Waals surface area contributed by atoms with Crippen molar-refractivity contribution in [3.8, 4) is 5.69 Å². The van der Waals surface area contributed by atoms with Crippen LogP contribution in [0.15, 0.2) is 36.8 Å². The number of carbonyl (C=O) groups is 1. The number of carbonyl (C=O) groups excluding carboxylic acids is 1. The Balaban J connectivity index is 1.40. The summed E-state index contributed by atoms with van der Waals surface area (Å²) >= 11 is 0. The van der Waals surface area contributed by atoms with Gasteiger partial charge in [0.25, 0.3) is 5.91 Å². The number of aryl methyl sites for hydroxylation is 1. The molecule has 0 radical (unpaired) electrons. The van der Waals surface area contributed by atoms with E-state index in [1.807, 2.05) is 0 Å². The van der Waals surface area contributed by atoms with Crippen molar-refractivity contribution < 1.29 is 9.18 Å². The van der Waals surface area contributed by atoms with Gasteiger partial charge in [-0.3, -0.25) is 4.79 Å². The standard InChI is InChI=1S/C20H20FN5O/c21-14-5-1-2-6-17(14)26-16-9-8-15(13(16)11-23-26)24-20(27)19-18-7-3-4-10-25(18)12-22-19/h1-2,5-6,11-12,15H,3-4,7-10H2,(H,24,27). The van der Waals surface area contributed by atoms with E-state index < -0.39 is 0 Å². The maximum absolute atomic E-state index is 14.1. The number of aromatic nitrogens is 4. The predicted molar refractivity (Wildman–Crippen MR) is 97.2 cm³/mol. The van der Waals surface area contributed by atoms with Crippen LogP contribution in [0.25, 0.3) is 5.69 Å². The molecule has 1 aromatic carbocycles. The number of imidazole rings is 1. The van der Waals surface area contributed by atoms with E-state index >= 15 is 0 Å². The molecule has 1 amide bonds. The van der Waals surface area contributed by atoms with Crippen LogP contribution in [-0.4, -0.2) is 25.2 Å². The minimum atomic E-state index is -0.305. The summed E-state index contributed by atoms with van der Waals surface area (Å²) in [4.78, 5) is 17.1. The summed E-state index contributed by atoms with van der Waals surface area (Å²) in [5.74, 6) is -0.442. The quantitative estimate of drug-likeness (QED) is 0.776. The van der Waals surface area contributed by atoms with E-state index in [4.69, 9.17) is 0 Å². The van der Waals surface area contributed by atoms with Gasteiger partial charge < -0.3 is 9.88 Å². The number of nitrogens with one attached hydrogen (secondary N) is 1. The number of hydrogen-bond acceptors (Lipinski definition) is 3. The van der Waals surface area contributed by atoms with E-state index in [0.29, 0.717) is 11.4 Å². The third-order valence-electron chi connectivity index (χ3n) is 5.56. The highest BCUT2D eigenvalue weighted by molar-refractivity contribution is 5.93. The molecule has 1 atom stereocenters. The van der Waals surface area contributed by atoms with Gasteiger partial charge in [-0.2, -0.15) is 5.10 Å². The molecular weight excluding hydrogens is 345 g/mol. The maximum Gasteiger partial charge on any atom is 0.272 e. The number of rotatable bonds is 3. The summed E-state index contributed by atoms with van der Waals surface area (Å²) in [5.41, 5.74) is 3.91. The molecule has 0 bridgehead atoms. The first-order valence-corrected chi connectivity index (χ1v) is 9.39. The van der Waals surface area contributed by atoms with Crippen LogP contribution in [0.3, 0.4) is 0 Å². The lowest BCUT2D eigenvalue weighted by Gasteiger charge is -2.16. The van der Waals surface area contributed by atoms with Gasteiger partial charge in [-0.15, -0.1) is 0 Å². The third kappa shape index (κ3) is 2.65. The van der Waals surface area contributed by atoms with Crippen molar-refractivity contribution in [1.82, 2.24) is 24.6 Å². The molecule has 5 rings (SSSR count). The maximum atomic E-state index is 14.1. The Hall–Kier alpha value is -2.96. The number of nitrogens with zero attached hydrogens (tertiary/aromatic N) is 4. The van der Waals surface area contributed by atoms with Crippen molar-refractivity contribution in [2.45, 2.75) is 44.7 Å². The van der Waals surface area contributed by atoms with Gasteiger partial charge in [-0.25, -0.2) is 14.1 Å². The molecule has 138 valence electrons. The first kappa shape index (κ1) is 16.2. The molecular formula is C20H20FN5O. The molecule has 0 fully saturated rings. The lowest BCUT2D eigenvalue weighted by atomic mass is 10.1. The fraction of sp³-hybridized carbons (Fsp3) is 0.350. The smallest absolute Gasteiger partial charge is 0.272 e. The Morgan fingerprint density at radius 1 is 1.19 bits per heavy atom. The second kappa shape index (κ2) is 6.33. The highest BCUT2D eigenvalue weighted by Crippen LogP contribution is 2.33. The number of amides is 1. The highest BCUT2D eigenvalue weighted by atomic mass is 19.1. The molecule has 1 aliphatic heterocycles. The minimum Gasteiger partial charge on any atom is -0.344 e. The molecule has 0 saturated heterocycles. The van der Waals surface area contributed by atoms with Gasteiger partial charge in [-0.05, 0) is 44.2 Å². The summed E-state index contributed by atoms with van der Waals surface area (Å²) < 4.78 is 17.9. The molecule has 0 spiro atoms. The first-order valence-electron chi connectivity index (χ1n) is 9.39. The molecule has 1 aliphatic carbocycles. The van der Waals surface area contributed by atoms with E-state index in [1.54, 1.807) is 35.4 Å². The zero-order valence-electron chi connectivity index (χ0n) is 14.9. The van der Waals surface area contributed by atoms with Gasteiger partial charge in [0.2, 0.25) is 0 Å². The van der Waals surface area contributed by atoms with Gasteiger partial charge in [0.05, 0.1) is 24.3 Å². The zero-order valence-corrected chi connectivity index (χ0v) is 14.9. The van der Waals surface area contributed by atoms with Gasteiger partial charge in [0, 0.05) is 17.8 Å². The van der Waals surface area contributed by atoms with Crippen molar-refractivity contribution in [3.63, 3.8) is 0 Å². The highest BCUT2D eigenvalue weighted by Gasteiger charge is 2.30. The van der Waals surface area contributed by atoms with Crippen LogP contribution in [0, 0.1) is 5.82 Å². The molecule has 1 N–H and O–H groups in total. The second-order valence-corrected chi connectivity index (χ2v) is 7.16. The second-order valence-electron chi connectivity index (χ2n) is 7.16. The molecule has 1 unspecified atom stereocenters. The number of hydrogen-bond donors (Lipinski definition) is 1. The Morgan fingerprint density at radius 3 is 2.96 bits per heavy atom. The number of fused-ring (bicyclic) bond motifs is 2. The fourth-order valence-electron chi connectivity index (χ4n) is 4.20. The molecule has 3 aromatic rings. The van der Waals surface area contributed by atoms with Crippen LogP contribution in [0.2, 0.25) is 0 Å². The molecule has 3 heterocycles. The fourth-order valence-corrected chi connectivity index (χ4v) is 4.20. The van der Waals surface area contributed by atoms with Crippen molar-refractivity contribution in [3.05, 3.63) is 65.3 Å². The Bertz CT molecular complexity index is 1020. The van der Waals surface area contributed by atoms with Gasteiger partial charge >= 0.3 is 0 Å². The third-order valence-corrected chi connectivity index (χ3v) is 5.56. The predicted octanol–water partition coefficient (Wildman–Crippen LogP) is 2.96. The summed E-state index contributed by atoms with van der Waals surface area (Å²) in [7, 11) is 0. The van der Waals surface area contributed by atoms with Crippen LogP contribution >= 0.6 is 0 Å². The lowest BCUT2D eigenvalue weighted by Crippen LogP contribution is -2.28. The summed E-state index contributed by atoms with van der Waals surface area (Å²) in [6.07, 6.45) is 8.14. The minimum absolute atomic E-state index is 0.117. The van der Waals surface area contributed by atoms with E-state index in [-0.39, 0.29) is 17.8 Å². The summed E-state index contributed by atoms with van der Waals surface area (Å²) in [5, 5.41) is 7.47. The van der Waals surface area contributed by atoms with E-state index in [2.05, 4.69) is 20.0 Å². The Morgan fingerprint density at radius 2 is 2.07 bits per heavy atom. The number of halogens is 1. The number of benzene rings is 1. The topological polar surface area (TPSA) is 64.7 Å². The van der Waals surface area contributed by atoms with E-state index in [0.717, 1.165) is 55.6 Å². The molecule has 0 saturated carbocycles. The molecule has 7 heteroatoms. The molecule has 27 heavy (non-hydrogen) atoms. The largest absolute Gasteiger partial charge is 0.344 e. The van der Waals surface area contributed by atoms with Gasteiger partial charge in [0.1, 0.15) is 17.2 Å². The van der Waals surface area contributed by atoms with E-state index in [1.165, 1.54) is 6.07 Å². The molecule has 2 aromatic heterocycles. The van der Waals surface area contributed by atoms with E-state index in [9.17, 15) is 9.18 Å². The molecule has 2 aliphatic rings. The average Bonchev–Trinajstić information content (AvgIpc) is 3.38. The number of para-hydroxylation sites is 1. The zero-order chi connectivity index (χ0) is 18.4. The van der Waals surface area contributed by atoms with Crippen molar-refractivity contribution in [2.24, 2.45) is 0 Å². The first-order chi connectivity index (χ1) is 13.2. The van der Waals surface area contributed by atoms with Crippen LogP contribution < -0.4 is 5.32 Å². The van der Waals surface area contributed by atoms with Crippen molar-refractivity contribution >= 4 is 5.91 Å². The molecule has 6 nitrogen and oxygen atoms in total. The lowest BCUT2D eigenvalue weighted by molar-refractivity contribution is 0.0930. The van der Waals surface area contributed by atoms with Crippen LogP contribution in [-0.2, 0) is 19.4 Å². The van der Waals surface area contributed by atoms with Crippen LogP contribution in [0.1, 0.15) is 52.7 Å². The van der Waals surface area contributed by atoms with Gasteiger partial charge in [-0.1, -0.05) is 12.1 Å². The van der Waals surface area contributed by atoms with Crippen LogP contribution in [0.5, 0.6) is 0 Å². The van der Waals surface area contributed by atoms with Gasteiger partial charge in [0.15, 0.2) is 0 Å². The normalized spacial score (nSPS) is 18.2. The Labute approximate surface area is 156 Å². The SMILES string of the molecule is O=C(NC1CCc2c1cnn2-c1ccccc1F)c1ncn2c1CCCC2. The Kier molecular flexibility index (Phi) is 3.81. The summed E-state index contributed by atoms with van der Waals surface area (Å²) in [6.45, 7) is 0.929. The monoisotopic (exact) mass is 365 g/mol. The summed E-state index contributed by atoms with van der Waals surface area (Å²) in [6, 6.07) is 6.49.